The van der Waals surface area contributed by atoms with E-state index in [1.54, 1.807) is 0 Å². The van der Waals surface area contributed by atoms with E-state index in [0.29, 0.717) is 0 Å². The third-order valence-corrected chi connectivity index (χ3v) is 3.14. The van der Waals surface area contributed by atoms with Gasteiger partial charge in [0.2, 0.25) is 0 Å². The Balaban J connectivity index is 2.51. The molecule has 1 nitrogen and oxygen atoms in total. The number of nitrogens with one attached hydrogen (secondary N) is 1. The van der Waals surface area contributed by atoms with Gasteiger partial charge in [0, 0.05) is 22.0 Å². The zero-order chi connectivity index (χ0) is 10.6. The van der Waals surface area contributed by atoms with Gasteiger partial charge in [-0.25, -0.2) is 0 Å². The summed E-state index contributed by atoms with van der Waals surface area (Å²) in [6.07, 6.45) is 0. The van der Waals surface area contributed by atoms with E-state index in [1.165, 1.54) is 0 Å². The van der Waals surface area contributed by atoms with Crippen LogP contribution in [0.2, 0.25) is 5.02 Å². The van der Waals surface area contributed by atoms with Crippen LogP contribution in [0.4, 0.5) is 0 Å². The van der Waals surface area contributed by atoms with E-state index in [9.17, 15) is 0 Å². The Bertz CT molecular complexity index is 339. The van der Waals surface area contributed by atoms with E-state index in [-0.39, 0.29) is 0 Å². The van der Waals surface area contributed by atoms with E-state index < -0.39 is 0 Å². The first-order valence-corrected chi connectivity index (χ1v) is 6.04. The molecular formula is C10H10Br2ClN. The fourth-order valence-electron chi connectivity index (χ4n) is 0.992. The highest BCUT2D eigenvalue weighted by molar-refractivity contribution is 9.11. The van der Waals surface area contributed by atoms with Gasteiger partial charge < -0.3 is 5.32 Å². The molecule has 0 amide bonds. The largest absolute Gasteiger partial charge is 0.308 e. The first kappa shape index (κ1) is 12.2. The number of rotatable bonds is 4. The van der Waals surface area contributed by atoms with Crippen LogP contribution in [-0.4, -0.2) is 6.54 Å². The molecule has 1 rings (SSSR count). The number of benzene rings is 1. The summed E-state index contributed by atoms with van der Waals surface area (Å²) in [6, 6.07) is 5.91. The first-order valence-electron chi connectivity index (χ1n) is 4.07. The van der Waals surface area contributed by atoms with Gasteiger partial charge >= 0.3 is 0 Å². The molecule has 0 aliphatic heterocycles. The van der Waals surface area contributed by atoms with Crippen molar-refractivity contribution in [1.82, 2.24) is 5.32 Å². The van der Waals surface area contributed by atoms with E-state index in [2.05, 4.69) is 43.8 Å². The lowest BCUT2D eigenvalue weighted by atomic mass is 10.2. The molecule has 1 aromatic rings. The van der Waals surface area contributed by atoms with Crippen molar-refractivity contribution in [3.05, 3.63) is 44.3 Å². The molecule has 76 valence electrons. The quantitative estimate of drug-likeness (QED) is 0.871. The van der Waals surface area contributed by atoms with Crippen LogP contribution in [-0.2, 0) is 6.54 Å². The molecule has 0 atom stereocenters. The van der Waals surface area contributed by atoms with E-state index in [1.807, 2.05) is 18.2 Å². The molecule has 0 aromatic heterocycles. The molecule has 4 heteroatoms. The topological polar surface area (TPSA) is 12.0 Å². The van der Waals surface area contributed by atoms with Crippen LogP contribution in [0.5, 0.6) is 0 Å². The lowest BCUT2D eigenvalue weighted by molar-refractivity contribution is 0.757. The van der Waals surface area contributed by atoms with E-state index >= 15 is 0 Å². The molecule has 0 bridgehead atoms. The van der Waals surface area contributed by atoms with Gasteiger partial charge in [-0.15, -0.1) is 0 Å². The molecule has 0 heterocycles. The molecule has 0 fully saturated rings. The van der Waals surface area contributed by atoms with Crippen molar-refractivity contribution in [3.8, 4) is 0 Å². The second-order valence-electron chi connectivity index (χ2n) is 2.87. The van der Waals surface area contributed by atoms with Crippen molar-refractivity contribution >= 4 is 43.5 Å². The highest BCUT2D eigenvalue weighted by Crippen LogP contribution is 2.23. The van der Waals surface area contributed by atoms with Crippen LogP contribution < -0.4 is 5.32 Å². The lowest BCUT2D eigenvalue weighted by Crippen LogP contribution is -2.14. The van der Waals surface area contributed by atoms with E-state index in [0.717, 1.165) is 32.6 Å². The maximum atomic E-state index is 5.95. The second kappa shape index (κ2) is 5.91. The number of hydrogen-bond acceptors (Lipinski definition) is 1. The second-order valence-corrected chi connectivity index (χ2v) is 5.25. The molecule has 0 saturated heterocycles. The number of halogens is 3. The minimum Gasteiger partial charge on any atom is -0.308 e. The number of hydrogen-bond donors (Lipinski definition) is 1. The summed E-state index contributed by atoms with van der Waals surface area (Å²) in [7, 11) is 0. The Kier molecular flexibility index (Phi) is 5.17. The SMILES string of the molecule is C=C(Br)CNCc1ccc(Br)c(Cl)c1. The minimum atomic E-state index is 0.738. The van der Waals surface area contributed by atoms with Crippen LogP contribution in [0.25, 0.3) is 0 Å². The minimum absolute atomic E-state index is 0.738. The van der Waals surface area contributed by atoms with Gasteiger partial charge in [0.15, 0.2) is 0 Å². The highest BCUT2D eigenvalue weighted by atomic mass is 79.9. The van der Waals surface area contributed by atoms with Crippen molar-refractivity contribution in [2.45, 2.75) is 6.54 Å². The summed E-state index contributed by atoms with van der Waals surface area (Å²) in [5, 5.41) is 3.97. The third kappa shape index (κ3) is 4.13. The molecule has 1 aromatic carbocycles. The maximum Gasteiger partial charge on any atom is 0.0551 e. The van der Waals surface area contributed by atoms with Crippen LogP contribution in [0.3, 0.4) is 0 Å². The van der Waals surface area contributed by atoms with Gasteiger partial charge in [-0.2, -0.15) is 0 Å². The van der Waals surface area contributed by atoms with Crippen molar-refractivity contribution in [3.63, 3.8) is 0 Å². The zero-order valence-corrected chi connectivity index (χ0v) is 11.4. The Morgan fingerprint density at radius 3 is 2.79 bits per heavy atom. The van der Waals surface area contributed by atoms with Crippen molar-refractivity contribution < 1.29 is 0 Å². The zero-order valence-electron chi connectivity index (χ0n) is 7.49. The lowest BCUT2D eigenvalue weighted by Gasteiger charge is -2.04. The molecule has 14 heavy (non-hydrogen) atoms. The summed E-state index contributed by atoms with van der Waals surface area (Å²) in [4.78, 5) is 0. The smallest absolute Gasteiger partial charge is 0.0551 e. The van der Waals surface area contributed by atoms with Gasteiger partial charge in [-0.3, -0.25) is 0 Å². The standard InChI is InChI=1S/C10H10Br2ClN/c1-7(11)5-14-6-8-2-3-9(12)10(13)4-8/h2-4,14H,1,5-6H2. The molecule has 0 unspecified atom stereocenters. The third-order valence-electron chi connectivity index (χ3n) is 1.63. The van der Waals surface area contributed by atoms with Crippen LogP contribution in [0, 0.1) is 0 Å². The predicted molar refractivity (Wildman–Crippen MR) is 68.9 cm³/mol. The average Bonchev–Trinajstić information content (AvgIpc) is 2.10. The Morgan fingerprint density at radius 2 is 2.21 bits per heavy atom. The Morgan fingerprint density at radius 1 is 1.50 bits per heavy atom. The summed E-state index contributed by atoms with van der Waals surface area (Å²) in [6.45, 7) is 5.29. The van der Waals surface area contributed by atoms with Crippen LogP contribution in [0.1, 0.15) is 5.56 Å². The highest BCUT2D eigenvalue weighted by Gasteiger charge is 1.98. The van der Waals surface area contributed by atoms with Crippen molar-refractivity contribution in [2.24, 2.45) is 0 Å². The Labute approximate surface area is 106 Å². The van der Waals surface area contributed by atoms with Gasteiger partial charge in [0.05, 0.1) is 5.02 Å². The molecule has 0 aliphatic rings. The molecule has 0 aliphatic carbocycles. The molecule has 1 N–H and O–H groups in total. The molecule has 0 spiro atoms. The normalized spacial score (nSPS) is 10.2. The summed E-state index contributed by atoms with van der Waals surface area (Å²) in [5.41, 5.74) is 1.16. The maximum absolute atomic E-state index is 5.95. The van der Waals surface area contributed by atoms with Crippen LogP contribution in [0.15, 0.2) is 33.7 Å². The van der Waals surface area contributed by atoms with Gasteiger partial charge in [0.1, 0.15) is 0 Å². The van der Waals surface area contributed by atoms with Gasteiger partial charge in [0.25, 0.3) is 0 Å². The molecule has 0 saturated carbocycles. The van der Waals surface area contributed by atoms with Gasteiger partial charge in [-0.05, 0) is 33.6 Å². The summed E-state index contributed by atoms with van der Waals surface area (Å²) in [5.74, 6) is 0. The predicted octanol–water partition coefficient (Wildman–Crippen LogP) is 4.10. The van der Waals surface area contributed by atoms with E-state index in [4.69, 9.17) is 11.6 Å². The molecule has 0 radical (unpaired) electrons. The van der Waals surface area contributed by atoms with Crippen molar-refractivity contribution in [1.29, 1.82) is 0 Å². The fourth-order valence-corrected chi connectivity index (χ4v) is 1.64. The van der Waals surface area contributed by atoms with Crippen LogP contribution >= 0.6 is 43.5 Å². The summed E-state index contributed by atoms with van der Waals surface area (Å²) < 4.78 is 1.87. The summed E-state index contributed by atoms with van der Waals surface area (Å²) >= 11 is 12.6. The molecular weight excluding hydrogens is 329 g/mol. The van der Waals surface area contributed by atoms with Gasteiger partial charge in [-0.1, -0.05) is 40.2 Å². The van der Waals surface area contributed by atoms with Crippen molar-refractivity contribution in [2.75, 3.05) is 6.54 Å². The Hall–Kier alpha value is 0.170. The average molecular weight is 339 g/mol. The fraction of sp³-hybridized carbons (Fsp3) is 0.200. The monoisotopic (exact) mass is 337 g/mol. The first-order chi connectivity index (χ1) is 6.59.